The predicted molar refractivity (Wildman–Crippen MR) is 57.4 cm³/mol. The number of allylic oxidation sites excluding steroid dienone is 1. The summed E-state index contributed by atoms with van der Waals surface area (Å²) >= 11 is 0. The molecule has 0 bridgehead atoms. The Morgan fingerprint density at radius 2 is 1.79 bits per heavy atom. The van der Waals surface area contributed by atoms with E-state index in [1.165, 1.54) is 6.08 Å². The van der Waals surface area contributed by atoms with Gasteiger partial charge in [-0.25, -0.2) is 0 Å². The number of rotatable bonds is 2. The zero-order valence-electron chi connectivity index (χ0n) is 8.14. The van der Waals surface area contributed by atoms with Crippen LogP contribution in [0.1, 0.15) is 12.5 Å². The molecule has 0 unspecified atom stereocenters. The van der Waals surface area contributed by atoms with E-state index in [0.717, 1.165) is 0 Å². The van der Waals surface area contributed by atoms with Crippen molar-refractivity contribution in [2.75, 3.05) is 0 Å². The quantitative estimate of drug-likeness (QED) is 0.627. The van der Waals surface area contributed by atoms with Gasteiger partial charge >= 0.3 is 0 Å². The van der Waals surface area contributed by atoms with Gasteiger partial charge in [0.25, 0.3) is 10.1 Å². The normalized spacial score (nSPS) is 12.0. The molecule has 0 aromatic heterocycles. The van der Waals surface area contributed by atoms with Crippen LogP contribution in [-0.2, 0) is 10.1 Å². The Kier molecular flexibility index (Phi) is 6.39. The molecular formula is C9H10KO3S. The van der Waals surface area contributed by atoms with Crippen molar-refractivity contribution in [2.45, 2.75) is 6.92 Å². The molecule has 0 heterocycles. The molecule has 0 aliphatic carbocycles. The average Bonchev–Trinajstić information content (AvgIpc) is 2.05. The van der Waals surface area contributed by atoms with Crippen LogP contribution in [0.3, 0.4) is 0 Å². The molecule has 0 spiro atoms. The molecule has 1 N–H and O–H groups in total. The Hall–Kier alpha value is 0.506. The number of benzene rings is 1. The van der Waals surface area contributed by atoms with Crippen LogP contribution in [0.2, 0.25) is 0 Å². The molecule has 1 rings (SSSR count). The van der Waals surface area contributed by atoms with Gasteiger partial charge in [0.2, 0.25) is 0 Å². The van der Waals surface area contributed by atoms with Crippen molar-refractivity contribution in [1.82, 2.24) is 0 Å². The van der Waals surface area contributed by atoms with Crippen molar-refractivity contribution in [1.29, 1.82) is 0 Å². The summed E-state index contributed by atoms with van der Waals surface area (Å²) in [7, 11) is -4.11. The van der Waals surface area contributed by atoms with Gasteiger partial charge in [0.1, 0.15) is 0 Å². The molecule has 0 aliphatic rings. The van der Waals surface area contributed by atoms with Crippen LogP contribution in [0.25, 0.3) is 4.91 Å². The number of hydrogen-bond donors (Lipinski definition) is 1. The van der Waals surface area contributed by atoms with Crippen LogP contribution in [-0.4, -0.2) is 64.4 Å². The van der Waals surface area contributed by atoms with Gasteiger partial charge in [0, 0.05) is 51.4 Å². The molecule has 0 saturated carbocycles. The van der Waals surface area contributed by atoms with Gasteiger partial charge in [-0.1, -0.05) is 36.4 Å². The van der Waals surface area contributed by atoms with E-state index in [-0.39, 0.29) is 56.3 Å². The van der Waals surface area contributed by atoms with Crippen molar-refractivity contribution in [3.05, 3.63) is 42.0 Å². The molecule has 0 amide bonds. The van der Waals surface area contributed by atoms with Crippen molar-refractivity contribution >= 4 is 66.4 Å². The van der Waals surface area contributed by atoms with E-state index >= 15 is 0 Å². The molecule has 3 nitrogen and oxygen atoms in total. The van der Waals surface area contributed by atoms with E-state index in [2.05, 4.69) is 0 Å². The largest absolute Gasteiger partial charge is 0.294 e. The predicted octanol–water partition coefficient (Wildman–Crippen LogP) is 1.55. The molecule has 1 aromatic carbocycles. The summed E-state index contributed by atoms with van der Waals surface area (Å²) in [6.07, 6.45) is 1.37. The Labute approximate surface area is 126 Å². The smallest absolute Gasteiger partial charge is 0.282 e. The van der Waals surface area contributed by atoms with E-state index in [0.29, 0.717) is 5.56 Å². The Morgan fingerprint density at radius 3 is 2.14 bits per heavy atom. The molecule has 0 fully saturated rings. The van der Waals surface area contributed by atoms with Gasteiger partial charge in [-0.3, -0.25) is 4.55 Å². The summed E-state index contributed by atoms with van der Waals surface area (Å²) in [5.41, 5.74) is 0.493. The summed E-state index contributed by atoms with van der Waals surface area (Å²) in [4.78, 5) is -0.0619. The summed E-state index contributed by atoms with van der Waals surface area (Å²) in [6, 6.07) is 8.46. The molecular weight excluding hydrogens is 227 g/mol. The minimum Gasteiger partial charge on any atom is -0.282 e. The van der Waals surface area contributed by atoms with Crippen LogP contribution >= 0.6 is 0 Å². The first-order valence-corrected chi connectivity index (χ1v) is 5.19. The fraction of sp³-hybridized carbons (Fsp3) is 0.111. The Morgan fingerprint density at radius 1 is 1.29 bits per heavy atom. The topological polar surface area (TPSA) is 54.4 Å². The summed E-state index contributed by atoms with van der Waals surface area (Å²) in [6.45, 7) is 1.57. The Bertz CT molecular complexity index is 409. The standard InChI is InChI=1S/C9H10O3S.K/c1-2-9(13(10,11)12)8-6-4-3-5-7-8;/h2-7H,1H3,(H,10,11,12);. The van der Waals surface area contributed by atoms with Crippen molar-refractivity contribution in [3.63, 3.8) is 0 Å². The third kappa shape index (κ3) is 3.94. The summed E-state index contributed by atoms with van der Waals surface area (Å²) < 4.78 is 30.5. The molecule has 71 valence electrons. The van der Waals surface area contributed by atoms with Crippen LogP contribution in [0.4, 0.5) is 0 Å². The summed E-state index contributed by atoms with van der Waals surface area (Å²) in [5, 5.41) is 0. The van der Waals surface area contributed by atoms with Crippen LogP contribution in [0.15, 0.2) is 36.4 Å². The van der Waals surface area contributed by atoms with E-state index in [4.69, 9.17) is 4.55 Å². The molecule has 0 atom stereocenters. The Balaban J connectivity index is 0.00000169. The second-order valence-corrected chi connectivity index (χ2v) is 3.88. The van der Waals surface area contributed by atoms with Gasteiger partial charge in [-0.15, -0.1) is 0 Å². The van der Waals surface area contributed by atoms with Crippen molar-refractivity contribution in [3.8, 4) is 0 Å². The van der Waals surface area contributed by atoms with Crippen molar-refractivity contribution in [2.24, 2.45) is 0 Å². The maximum atomic E-state index is 10.9. The fourth-order valence-electron chi connectivity index (χ4n) is 1.07. The van der Waals surface area contributed by atoms with Gasteiger partial charge in [0.15, 0.2) is 0 Å². The van der Waals surface area contributed by atoms with E-state index in [9.17, 15) is 8.42 Å². The molecule has 14 heavy (non-hydrogen) atoms. The minimum atomic E-state index is -4.11. The zero-order valence-corrected chi connectivity index (χ0v) is 12.1. The van der Waals surface area contributed by atoms with Crippen molar-refractivity contribution < 1.29 is 13.0 Å². The third-order valence-electron chi connectivity index (χ3n) is 1.60. The first-order chi connectivity index (χ1) is 6.05. The zero-order chi connectivity index (χ0) is 9.90. The monoisotopic (exact) mass is 237 g/mol. The second kappa shape index (κ2) is 6.17. The van der Waals surface area contributed by atoms with E-state index < -0.39 is 10.1 Å². The van der Waals surface area contributed by atoms with Crippen LogP contribution < -0.4 is 0 Å². The molecule has 5 heteroatoms. The van der Waals surface area contributed by atoms with Gasteiger partial charge in [-0.2, -0.15) is 8.42 Å². The molecule has 1 radical (unpaired) electrons. The van der Waals surface area contributed by atoms with Crippen LogP contribution in [0.5, 0.6) is 0 Å². The first kappa shape index (κ1) is 14.5. The third-order valence-corrected chi connectivity index (χ3v) is 2.63. The van der Waals surface area contributed by atoms with Crippen LogP contribution in [0, 0.1) is 0 Å². The van der Waals surface area contributed by atoms with Gasteiger partial charge < -0.3 is 0 Å². The van der Waals surface area contributed by atoms with Gasteiger partial charge in [-0.05, 0) is 12.5 Å². The number of hydrogen-bond acceptors (Lipinski definition) is 2. The summed E-state index contributed by atoms with van der Waals surface area (Å²) in [5.74, 6) is 0. The second-order valence-electron chi connectivity index (χ2n) is 2.49. The first-order valence-electron chi connectivity index (χ1n) is 3.75. The van der Waals surface area contributed by atoms with E-state index in [1.807, 2.05) is 0 Å². The SMILES string of the molecule is CC=C(c1ccccc1)S(=O)(=O)O.[K]. The maximum absolute atomic E-state index is 10.9. The molecule has 0 saturated heterocycles. The maximum Gasteiger partial charge on any atom is 0.294 e. The minimum absolute atomic E-state index is 0. The molecule has 1 aromatic rings. The average molecular weight is 237 g/mol. The van der Waals surface area contributed by atoms with E-state index in [1.54, 1.807) is 37.3 Å². The fourth-order valence-corrected chi connectivity index (χ4v) is 1.80. The van der Waals surface area contributed by atoms with Gasteiger partial charge in [0.05, 0.1) is 4.91 Å². The molecule has 0 aliphatic heterocycles.